The minimum absolute atomic E-state index is 0.0892. The van der Waals surface area contributed by atoms with Crippen LogP contribution in [0.25, 0.3) is 0 Å². The van der Waals surface area contributed by atoms with Gasteiger partial charge in [-0.25, -0.2) is 4.79 Å². The Morgan fingerprint density at radius 3 is 2.20 bits per heavy atom. The van der Waals surface area contributed by atoms with Gasteiger partial charge in [-0.2, -0.15) is 0 Å². The van der Waals surface area contributed by atoms with Crippen molar-refractivity contribution in [3.05, 3.63) is 33.9 Å². The van der Waals surface area contributed by atoms with E-state index in [4.69, 9.17) is 14.3 Å². The van der Waals surface area contributed by atoms with E-state index < -0.39 is 25.5 Å². The molecule has 0 saturated carbocycles. The van der Waals surface area contributed by atoms with Crippen LogP contribution in [0.5, 0.6) is 5.75 Å². The Hall–Kier alpha value is -1.93. The Morgan fingerprint density at radius 1 is 1.24 bits per heavy atom. The van der Waals surface area contributed by atoms with Crippen LogP contribution in [0.2, 0.25) is 13.1 Å². The van der Waals surface area contributed by atoms with Gasteiger partial charge in [-0.1, -0.05) is 34.6 Å². The lowest BCUT2D eigenvalue weighted by molar-refractivity contribution is -0.385. The molecule has 0 heterocycles. The molecule has 0 aromatic heterocycles. The number of nitro benzene ring substituents is 1. The Balaban J connectivity index is 3.57. The van der Waals surface area contributed by atoms with Gasteiger partial charge < -0.3 is 14.3 Å². The second kappa shape index (κ2) is 7.53. The van der Waals surface area contributed by atoms with E-state index >= 15 is 0 Å². The molecule has 0 amide bonds. The maximum absolute atomic E-state index is 11.2. The molecule has 140 valence electrons. The fourth-order valence-corrected chi connectivity index (χ4v) is 4.48. The van der Waals surface area contributed by atoms with Crippen molar-refractivity contribution in [2.75, 3.05) is 0 Å². The van der Waals surface area contributed by atoms with Gasteiger partial charge >= 0.3 is 6.16 Å². The van der Waals surface area contributed by atoms with Crippen molar-refractivity contribution >= 4 is 20.9 Å². The van der Waals surface area contributed by atoms with E-state index in [2.05, 4.69) is 13.1 Å². The maximum atomic E-state index is 11.2. The number of carbonyl (C=O) groups is 1. The van der Waals surface area contributed by atoms with E-state index in [9.17, 15) is 14.9 Å². The van der Waals surface area contributed by atoms with Crippen molar-refractivity contribution in [3.8, 4) is 5.75 Å². The average molecular weight is 369 g/mol. The largest absolute Gasteiger partial charge is 0.511 e. The van der Waals surface area contributed by atoms with Gasteiger partial charge in [-0.15, -0.1) is 0 Å². The normalized spacial score (nSPS) is 13.6. The molecule has 7 nitrogen and oxygen atoms in total. The third-order valence-corrected chi connectivity index (χ3v) is 4.73. The number of carboxylic acid groups (broad SMARTS) is 1. The van der Waals surface area contributed by atoms with Crippen LogP contribution in [-0.4, -0.2) is 31.3 Å². The number of ether oxygens (including phenoxy) is 1. The molecule has 0 aliphatic heterocycles. The minimum Gasteiger partial charge on any atom is -0.449 e. The van der Waals surface area contributed by atoms with E-state index in [1.165, 1.54) is 18.2 Å². The van der Waals surface area contributed by atoms with E-state index in [-0.39, 0.29) is 23.0 Å². The average Bonchev–Trinajstić information content (AvgIpc) is 2.42. The van der Waals surface area contributed by atoms with Crippen LogP contribution in [0.4, 0.5) is 10.5 Å². The fraction of sp³-hybridized carbons (Fsp3) is 0.588. The summed E-state index contributed by atoms with van der Waals surface area (Å²) < 4.78 is 11.1. The van der Waals surface area contributed by atoms with E-state index in [1.54, 1.807) is 0 Å². The summed E-state index contributed by atoms with van der Waals surface area (Å²) in [7, 11) is -1.42. The highest BCUT2D eigenvalue weighted by Gasteiger charge is 2.43. The van der Waals surface area contributed by atoms with Crippen molar-refractivity contribution in [2.45, 2.75) is 59.2 Å². The summed E-state index contributed by atoms with van der Waals surface area (Å²) in [5.74, 6) is 0.0892. The molecule has 1 N–H and O–H groups in total. The smallest absolute Gasteiger partial charge is 0.449 e. The highest BCUT2D eigenvalue weighted by atomic mass is 28.3. The van der Waals surface area contributed by atoms with Crippen LogP contribution in [0.1, 0.15) is 40.2 Å². The number of nitro groups is 1. The van der Waals surface area contributed by atoms with Crippen molar-refractivity contribution < 1.29 is 24.0 Å². The van der Waals surface area contributed by atoms with Gasteiger partial charge in [0, 0.05) is 23.1 Å². The molecule has 0 aliphatic carbocycles. The van der Waals surface area contributed by atoms with Crippen LogP contribution in [0, 0.1) is 15.5 Å². The molecule has 0 radical (unpaired) electrons. The molecule has 25 heavy (non-hydrogen) atoms. The molecule has 8 heteroatoms. The Labute approximate surface area is 149 Å². The summed E-state index contributed by atoms with van der Waals surface area (Å²) in [5, 5.41) is 20.2. The van der Waals surface area contributed by atoms with Gasteiger partial charge in [0.25, 0.3) is 5.69 Å². The van der Waals surface area contributed by atoms with Gasteiger partial charge in [0.2, 0.25) is 0 Å². The predicted octanol–water partition coefficient (Wildman–Crippen LogP) is 4.34. The molecule has 1 rings (SSSR count). The molecule has 0 aliphatic rings. The van der Waals surface area contributed by atoms with Crippen LogP contribution in [0.15, 0.2) is 18.2 Å². The topological polar surface area (TPSA) is 98.9 Å². The van der Waals surface area contributed by atoms with Gasteiger partial charge in [-0.05, 0) is 24.6 Å². The number of hydrogen-bond acceptors (Lipinski definition) is 5. The first-order chi connectivity index (χ1) is 11.3. The number of benzene rings is 1. The second-order valence-electron chi connectivity index (χ2n) is 7.96. The van der Waals surface area contributed by atoms with E-state index in [0.717, 1.165) is 0 Å². The summed E-state index contributed by atoms with van der Waals surface area (Å²) >= 11 is 0. The molecule has 1 aromatic rings. The van der Waals surface area contributed by atoms with Gasteiger partial charge in [-0.3, -0.25) is 10.1 Å². The molecule has 1 atom stereocenters. The molecule has 0 fully saturated rings. The summed E-state index contributed by atoms with van der Waals surface area (Å²) in [4.78, 5) is 21.7. The highest BCUT2D eigenvalue weighted by Crippen LogP contribution is 2.44. The van der Waals surface area contributed by atoms with Crippen molar-refractivity contribution in [3.63, 3.8) is 0 Å². The Morgan fingerprint density at radius 2 is 1.80 bits per heavy atom. The minimum atomic E-state index is -1.46. The zero-order chi connectivity index (χ0) is 19.6. The van der Waals surface area contributed by atoms with Crippen LogP contribution < -0.4 is 4.74 Å². The Bertz CT molecular complexity index is 651. The van der Waals surface area contributed by atoms with Crippen molar-refractivity contribution in [1.82, 2.24) is 0 Å². The third-order valence-electron chi connectivity index (χ3n) is 3.92. The predicted molar refractivity (Wildman–Crippen MR) is 98.0 cm³/mol. The first-order valence-electron chi connectivity index (χ1n) is 8.12. The van der Waals surface area contributed by atoms with E-state index in [1.807, 2.05) is 34.6 Å². The van der Waals surface area contributed by atoms with Gasteiger partial charge in [0.15, 0.2) is 9.04 Å². The van der Waals surface area contributed by atoms with Gasteiger partial charge in [0.1, 0.15) is 5.75 Å². The van der Waals surface area contributed by atoms with Gasteiger partial charge in [0.05, 0.1) is 11.0 Å². The first-order valence-corrected chi connectivity index (χ1v) is 10.9. The Kier molecular flexibility index (Phi) is 6.36. The number of rotatable bonds is 6. The lowest BCUT2D eigenvalue weighted by Gasteiger charge is -2.44. The molecule has 1 unspecified atom stereocenters. The standard InChI is InChI=1S/C17H27NO6Si/c1-16(2,3)14(24-25(6)7)17(4,5)12-10-11(18(21)22)8-9-13(12)23-15(19)20/h8-10,14,25H,1-7H3,(H,19,20). The molecule has 0 saturated heterocycles. The molecule has 0 spiro atoms. The van der Waals surface area contributed by atoms with Crippen LogP contribution >= 0.6 is 0 Å². The molecule has 0 bridgehead atoms. The summed E-state index contributed by atoms with van der Waals surface area (Å²) in [6.07, 6.45) is -1.73. The summed E-state index contributed by atoms with van der Waals surface area (Å²) in [5.41, 5.74) is -0.632. The highest BCUT2D eigenvalue weighted by molar-refractivity contribution is 6.48. The molecular formula is C17H27NO6Si. The first kappa shape index (κ1) is 21.1. The summed E-state index contributed by atoms with van der Waals surface area (Å²) in [6, 6.07) is 3.94. The number of hydrogen-bond donors (Lipinski definition) is 1. The quantitative estimate of drug-likeness (QED) is 0.263. The monoisotopic (exact) mass is 369 g/mol. The lowest BCUT2D eigenvalue weighted by Crippen LogP contribution is -2.47. The molecular weight excluding hydrogens is 342 g/mol. The number of nitrogens with zero attached hydrogens (tertiary/aromatic N) is 1. The van der Waals surface area contributed by atoms with Crippen molar-refractivity contribution in [2.24, 2.45) is 5.41 Å². The SMILES string of the molecule is C[SiH](C)OC(C(C)(C)C)C(C)(C)c1cc([N+](=O)[O-])ccc1OC(=O)O. The zero-order valence-electron chi connectivity index (χ0n) is 15.8. The zero-order valence-corrected chi connectivity index (χ0v) is 17.0. The van der Waals surface area contributed by atoms with E-state index in [0.29, 0.717) is 5.56 Å². The fourth-order valence-electron chi connectivity index (χ4n) is 3.19. The third kappa shape index (κ3) is 5.27. The van der Waals surface area contributed by atoms with Crippen molar-refractivity contribution in [1.29, 1.82) is 0 Å². The van der Waals surface area contributed by atoms with Crippen LogP contribution in [-0.2, 0) is 9.84 Å². The summed E-state index contributed by atoms with van der Waals surface area (Å²) in [6.45, 7) is 14.0. The van der Waals surface area contributed by atoms with Crippen LogP contribution in [0.3, 0.4) is 0 Å². The second-order valence-corrected chi connectivity index (χ2v) is 10.3. The lowest BCUT2D eigenvalue weighted by atomic mass is 9.69. The number of non-ortho nitro benzene ring substituents is 1. The molecule has 1 aromatic carbocycles. The maximum Gasteiger partial charge on any atom is 0.511 e.